The minimum Gasteiger partial charge on any atom is -0.354 e. The quantitative estimate of drug-likeness (QED) is 0.763. The molecule has 1 aliphatic rings. The second-order valence-electron chi connectivity index (χ2n) is 5.09. The molecule has 98 valence electrons. The Morgan fingerprint density at radius 3 is 3.06 bits per heavy atom. The highest BCUT2D eigenvalue weighted by Crippen LogP contribution is 2.26. The summed E-state index contributed by atoms with van der Waals surface area (Å²) in [5, 5.41) is 0. The van der Waals surface area contributed by atoms with Gasteiger partial charge < -0.3 is 4.90 Å². The number of Topliss-reactive ketones (excluding diaryl/α,β-unsaturated/α-hetero) is 1. The highest BCUT2D eigenvalue weighted by molar-refractivity contribution is 5.94. The molecule has 1 unspecified atom stereocenters. The fraction of sp³-hybridized carbons (Fsp3) is 0.600. The minimum absolute atomic E-state index is 0.114. The van der Waals surface area contributed by atoms with Gasteiger partial charge in [0.1, 0.15) is 5.82 Å². The van der Waals surface area contributed by atoms with Crippen LogP contribution in [-0.4, -0.2) is 23.4 Å². The summed E-state index contributed by atoms with van der Waals surface area (Å²) < 4.78 is 0. The topological polar surface area (TPSA) is 33.2 Å². The molecular weight excluding hydrogens is 224 g/mol. The number of rotatable bonds is 4. The monoisotopic (exact) mass is 246 g/mol. The van der Waals surface area contributed by atoms with E-state index in [1.807, 2.05) is 6.07 Å². The number of hydrogen-bond acceptors (Lipinski definition) is 3. The van der Waals surface area contributed by atoms with E-state index in [9.17, 15) is 4.79 Å². The van der Waals surface area contributed by atoms with Gasteiger partial charge in [-0.05, 0) is 44.7 Å². The molecule has 1 atom stereocenters. The Labute approximate surface area is 109 Å². The van der Waals surface area contributed by atoms with E-state index in [1.165, 1.54) is 32.1 Å². The first-order chi connectivity index (χ1) is 8.72. The summed E-state index contributed by atoms with van der Waals surface area (Å²) in [6, 6.07) is 4.33. The first-order valence-electron chi connectivity index (χ1n) is 6.96. The lowest BCUT2D eigenvalue weighted by molar-refractivity contribution is 0.101. The molecule has 2 heterocycles. The van der Waals surface area contributed by atoms with Crippen LogP contribution in [0.2, 0.25) is 0 Å². The molecule has 0 spiro atoms. The molecule has 1 fully saturated rings. The Morgan fingerprint density at radius 2 is 2.33 bits per heavy atom. The molecule has 1 aliphatic heterocycles. The summed E-state index contributed by atoms with van der Waals surface area (Å²) >= 11 is 0. The van der Waals surface area contributed by atoms with Crippen molar-refractivity contribution >= 4 is 11.6 Å². The van der Waals surface area contributed by atoms with Gasteiger partial charge in [-0.3, -0.25) is 4.79 Å². The highest BCUT2D eigenvalue weighted by atomic mass is 16.1. The van der Waals surface area contributed by atoms with E-state index >= 15 is 0 Å². The smallest absolute Gasteiger partial charge is 0.159 e. The molecule has 0 bridgehead atoms. The third-order valence-corrected chi connectivity index (χ3v) is 3.70. The molecule has 18 heavy (non-hydrogen) atoms. The highest BCUT2D eigenvalue weighted by Gasteiger charge is 2.22. The lowest BCUT2D eigenvalue weighted by atomic mass is 9.98. The number of nitrogens with zero attached hydrogens (tertiary/aromatic N) is 2. The molecule has 0 radical (unpaired) electrons. The summed E-state index contributed by atoms with van der Waals surface area (Å²) in [5.41, 5.74) is 0.765. The Bertz CT molecular complexity index is 415. The van der Waals surface area contributed by atoms with Crippen LogP contribution in [0, 0.1) is 0 Å². The molecule has 1 saturated heterocycles. The summed E-state index contributed by atoms with van der Waals surface area (Å²) in [6.45, 7) is 4.91. The second kappa shape index (κ2) is 5.98. The number of hydrogen-bond donors (Lipinski definition) is 0. The van der Waals surface area contributed by atoms with E-state index in [0.29, 0.717) is 6.04 Å². The van der Waals surface area contributed by atoms with Gasteiger partial charge in [0.2, 0.25) is 0 Å². The van der Waals surface area contributed by atoms with Crippen LogP contribution in [0.5, 0.6) is 0 Å². The summed E-state index contributed by atoms with van der Waals surface area (Å²) in [5.74, 6) is 1.09. The van der Waals surface area contributed by atoms with Crippen molar-refractivity contribution in [3.8, 4) is 0 Å². The molecule has 0 saturated carbocycles. The first-order valence-corrected chi connectivity index (χ1v) is 6.96. The van der Waals surface area contributed by atoms with E-state index in [2.05, 4.69) is 16.8 Å². The minimum atomic E-state index is 0.114. The van der Waals surface area contributed by atoms with Crippen molar-refractivity contribution in [1.82, 2.24) is 4.98 Å². The number of piperidine rings is 1. The van der Waals surface area contributed by atoms with Gasteiger partial charge in [0.05, 0.1) is 0 Å². The van der Waals surface area contributed by atoms with Gasteiger partial charge in [0.15, 0.2) is 5.78 Å². The van der Waals surface area contributed by atoms with Crippen LogP contribution in [0.4, 0.5) is 5.82 Å². The second-order valence-corrected chi connectivity index (χ2v) is 5.09. The van der Waals surface area contributed by atoms with Crippen molar-refractivity contribution in [2.45, 2.75) is 52.0 Å². The van der Waals surface area contributed by atoms with E-state index < -0.39 is 0 Å². The number of ketones is 1. The van der Waals surface area contributed by atoms with Crippen molar-refractivity contribution in [3.63, 3.8) is 0 Å². The zero-order valence-electron chi connectivity index (χ0n) is 11.4. The molecule has 1 aromatic rings. The first kappa shape index (κ1) is 13.1. The third-order valence-electron chi connectivity index (χ3n) is 3.70. The van der Waals surface area contributed by atoms with Gasteiger partial charge in [0.25, 0.3) is 0 Å². The van der Waals surface area contributed by atoms with E-state index in [-0.39, 0.29) is 5.78 Å². The molecule has 2 rings (SSSR count). The largest absolute Gasteiger partial charge is 0.354 e. The van der Waals surface area contributed by atoms with Crippen LogP contribution >= 0.6 is 0 Å². The van der Waals surface area contributed by atoms with Gasteiger partial charge in [-0.25, -0.2) is 4.98 Å². The fourth-order valence-electron chi connectivity index (χ4n) is 2.73. The average Bonchev–Trinajstić information content (AvgIpc) is 2.40. The lowest BCUT2D eigenvalue weighted by Crippen LogP contribution is -2.40. The van der Waals surface area contributed by atoms with E-state index in [4.69, 9.17) is 0 Å². The molecule has 0 N–H and O–H groups in total. The Morgan fingerprint density at radius 1 is 1.50 bits per heavy atom. The predicted molar refractivity (Wildman–Crippen MR) is 74.1 cm³/mol. The van der Waals surface area contributed by atoms with Gasteiger partial charge in [-0.15, -0.1) is 0 Å². The van der Waals surface area contributed by atoms with Gasteiger partial charge in [-0.2, -0.15) is 0 Å². The fourth-order valence-corrected chi connectivity index (χ4v) is 2.73. The molecule has 1 aromatic heterocycles. The van der Waals surface area contributed by atoms with E-state index in [1.54, 1.807) is 19.2 Å². The predicted octanol–water partition coefficient (Wildman–Crippen LogP) is 3.44. The standard InChI is InChI=1S/C15H22N2O/c1-3-6-14-7-4-5-10-17(14)15-11-13(12(2)18)8-9-16-15/h8-9,11,14H,3-7,10H2,1-2H3. The molecular formula is C15H22N2O. The van der Waals surface area contributed by atoms with Crippen LogP contribution in [0.15, 0.2) is 18.3 Å². The summed E-state index contributed by atoms with van der Waals surface area (Å²) in [6.07, 6.45) is 7.96. The van der Waals surface area contributed by atoms with Crippen LogP contribution in [0.1, 0.15) is 56.3 Å². The maximum atomic E-state index is 11.4. The maximum Gasteiger partial charge on any atom is 0.159 e. The van der Waals surface area contributed by atoms with Crippen molar-refractivity contribution < 1.29 is 4.79 Å². The van der Waals surface area contributed by atoms with Crippen LogP contribution < -0.4 is 4.90 Å². The van der Waals surface area contributed by atoms with Crippen LogP contribution in [0.3, 0.4) is 0 Å². The van der Waals surface area contributed by atoms with Crippen molar-refractivity contribution in [2.75, 3.05) is 11.4 Å². The normalized spacial score (nSPS) is 19.9. The number of anilines is 1. The summed E-state index contributed by atoms with van der Waals surface area (Å²) in [4.78, 5) is 18.3. The van der Waals surface area contributed by atoms with Crippen LogP contribution in [0.25, 0.3) is 0 Å². The molecule has 3 heteroatoms. The number of carbonyl (C=O) groups excluding carboxylic acids is 1. The van der Waals surface area contributed by atoms with Gasteiger partial charge in [0, 0.05) is 24.3 Å². The lowest BCUT2D eigenvalue weighted by Gasteiger charge is -2.36. The number of carbonyl (C=O) groups is 1. The molecule has 3 nitrogen and oxygen atoms in total. The molecule has 0 aliphatic carbocycles. The third kappa shape index (κ3) is 2.89. The van der Waals surface area contributed by atoms with Crippen molar-refractivity contribution in [1.29, 1.82) is 0 Å². The van der Waals surface area contributed by atoms with Gasteiger partial charge in [-0.1, -0.05) is 13.3 Å². The van der Waals surface area contributed by atoms with Gasteiger partial charge >= 0.3 is 0 Å². The Hall–Kier alpha value is -1.38. The average molecular weight is 246 g/mol. The molecule has 0 amide bonds. The van der Waals surface area contributed by atoms with Crippen LogP contribution in [-0.2, 0) is 0 Å². The number of pyridine rings is 1. The Kier molecular flexibility index (Phi) is 4.34. The number of aromatic nitrogens is 1. The molecule has 0 aromatic carbocycles. The zero-order valence-corrected chi connectivity index (χ0v) is 11.4. The summed E-state index contributed by atoms with van der Waals surface area (Å²) in [7, 11) is 0. The SMILES string of the molecule is CCCC1CCCCN1c1cc(C(C)=O)ccn1. The van der Waals surface area contributed by atoms with Crippen molar-refractivity contribution in [2.24, 2.45) is 0 Å². The zero-order chi connectivity index (χ0) is 13.0. The maximum absolute atomic E-state index is 11.4. The van der Waals surface area contributed by atoms with Crippen molar-refractivity contribution in [3.05, 3.63) is 23.9 Å². The van der Waals surface area contributed by atoms with E-state index in [0.717, 1.165) is 17.9 Å². The Balaban J connectivity index is 2.22.